The Morgan fingerprint density at radius 1 is 1.16 bits per heavy atom. The smallest absolute Gasteiger partial charge is 0.336 e. The van der Waals surface area contributed by atoms with Gasteiger partial charge in [-0.1, -0.05) is 19.4 Å². The van der Waals surface area contributed by atoms with Crippen LogP contribution >= 0.6 is 22.6 Å². The van der Waals surface area contributed by atoms with Gasteiger partial charge in [0.2, 0.25) is 5.91 Å². The van der Waals surface area contributed by atoms with Crippen molar-refractivity contribution in [3.05, 3.63) is 88.6 Å². The number of aliphatic hydroxyl groups excluding tert-OH is 1. The van der Waals surface area contributed by atoms with Crippen LogP contribution in [-0.2, 0) is 11.8 Å². The van der Waals surface area contributed by atoms with Crippen molar-refractivity contribution in [1.29, 1.82) is 0 Å². The number of halogens is 2. The third kappa shape index (κ3) is 5.65. The van der Waals surface area contributed by atoms with Crippen molar-refractivity contribution in [2.75, 3.05) is 10.2 Å². The van der Waals surface area contributed by atoms with Crippen LogP contribution in [0.1, 0.15) is 57.6 Å². The Balaban J connectivity index is 1.83. The lowest BCUT2D eigenvalue weighted by atomic mass is 10.1. The third-order valence-corrected chi connectivity index (χ3v) is 8.43. The maximum absolute atomic E-state index is 15.0. The SMILES string of the molecule is CCCCC(O)N(C(C)=O)c1cccc(-n2c(=O)n(C3CC3)c(=O)c3c(Nc4ccc(I)cc4F)n(C)c(=O)c(C)c32)c1. The summed E-state index contributed by atoms with van der Waals surface area (Å²) in [4.78, 5) is 55.6. The van der Waals surface area contributed by atoms with E-state index in [2.05, 4.69) is 5.32 Å². The summed E-state index contributed by atoms with van der Waals surface area (Å²) in [5.41, 5.74) is -0.716. The molecule has 1 aliphatic carbocycles. The van der Waals surface area contributed by atoms with E-state index in [0.29, 0.717) is 40.6 Å². The van der Waals surface area contributed by atoms with Gasteiger partial charge in [-0.3, -0.25) is 33.0 Å². The van der Waals surface area contributed by atoms with Crippen molar-refractivity contribution < 1.29 is 14.3 Å². The molecule has 1 amide bonds. The number of hydrogen-bond donors (Lipinski definition) is 2. The first-order valence-corrected chi connectivity index (χ1v) is 15.2. The molecule has 2 aromatic carbocycles. The van der Waals surface area contributed by atoms with Gasteiger partial charge in [-0.05, 0) is 91.6 Å². The molecule has 0 saturated heterocycles. The van der Waals surface area contributed by atoms with E-state index in [1.54, 1.807) is 30.3 Å². The molecule has 0 aliphatic heterocycles. The van der Waals surface area contributed by atoms with Gasteiger partial charge in [0.15, 0.2) is 0 Å². The normalized spacial score (nSPS) is 13.7. The number of aliphatic hydroxyl groups is 1. The van der Waals surface area contributed by atoms with E-state index < -0.39 is 28.9 Å². The van der Waals surface area contributed by atoms with Gasteiger partial charge in [-0.15, -0.1) is 0 Å². The maximum Gasteiger partial charge on any atom is 0.336 e. The van der Waals surface area contributed by atoms with E-state index in [-0.39, 0.29) is 39.9 Å². The van der Waals surface area contributed by atoms with E-state index in [9.17, 15) is 28.7 Å². The second-order valence-electron chi connectivity index (χ2n) is 10.9. The third-order valence-electron chi connectivity index (χ3n) is 7.76. The number of nitrogens with zero attached hydrogens (tertiary/aromatic N) is 4. The average Bonchev–Trinajstić information content (AvgIpc) is 3.79. The Bertz CT molecular complexity index is 1930. The minimum atomic E-state index is -1.07. The van der Waals surface area contributed by atoms with Crippen molar-refractivity contribution in [3.8, 4) is 5.69 Å². The molecule has 1 fully saturated rings. The van der Waals surface area contributed by atoms with Crippen LogP contribution in [0.4, 0.5) is 21.6 Å². The van der Waals surface area contributed by atoms with Gasteiger partial charge >= 0.3 is 5.69 Å². The minimum absolute atomic E-state index is 0.0513. The predicted octanol–water partition coefficient (Wildman–Crippen LogP) is 4.84. The van der Waals surface area contributed by atoms with Gasteiger partial charge < -0.3 is 10.4 Å². The highest BCUT2D eigenvalue weighted by atomic mass is 127. The predicted molar refractivity (Wildman–Crippen MR) is 173 cm³/mol. The Labute approximate surface area is 260 Å². The number of pyridine rings is 1. The molecule has 10 nitrogen and oxygen atoms in total. The van der Waals surface area contributed by atoms with E-state index in [1.165, 1.54) is 51.6 Å². The fraction of sp³-hybridized carbons (Fsp3) is 0.355. The summed E-state index contributed by atoms with van der Waals surface area (Å²) in [7, 11) is 1.49. The van der Waals surface area contributed by atoms with Crippen LogP contribution in [-0.4, -0.2) is 30.9 Å². The topological polar surface area (TPSA) is 119 Å². The summed E-state index contributed by atoms with van der Waals surface area (Å²) >= 11 is 1.99. The lowest BCUT2D eigenvalue weighted by molar-refractivity contribution is -0.118. The highest BCUT2D eigenvalue weighted by Crippen LogP contribution is 2.34. The summed E-state index contributed by atoms with van der Waals surface area (Å²) in [6.45, 7) is 4.88. The Hall–Kier alpha value is -3.78. The van der Waals surface area contributed by atoms with Crippen molar-refractivity contribution >= 4 is 56.6 Å². The van der Waals surface area contributed by atoms with Gasteiger partial charge in [0.05, 0.1) is 16.9 Å². The lowest BCUT2D eigenvalue weighted by Gasteiger charge is -2.28. The summed E-state index contributed by atoms with van der Waals surface area (Å²) in [5.74, 6) is -0.894. The number of anilines is 3. The fourth-order valence-corrected chi connectivity index (χ4v) is 5.89. The molecule has 4 aromatic rings. The zero-order valence-corrected chi connectivity index (χ0v) is 26.5. The molecule has 5 rings (SSSR count). The summed E-state index contributed by atoms with van der Waals surface area (Å²) in [6, 6.07) is 10.8. The second-order valence-corrected chi connectivity index (χ2v) is 12.1. The van der Waals surface area contributed by atoms with Crippen LogP contribution in [0.2, 0.25) is 0 Å². The van der Waals surface area contributed by atoms with E-state index in [4.69, 9.17) is 0 Å². The van der Waals surface area contributed by atoms with Crippen molar-refractivity contribution in [1.82, 2.24) is 13.7 Å². The highest BCUT2D eigenvalue weighted by Gasteiger charge is 2.32. The van der Waals surface area contributed by atoms with Gasteiger partial charge in [-0.2, -0.15) is 0 Å². The van der Waals surface area contributed by atoms with Gasteiger partial charge in [0.1, 0.15) is 23.2 Å². The number of aromatic nitrogens is 3. The molecular formula is C31H33FIN5O5. The first-order chi connectivity index (χ1) is 20.5. The Morgan fingerprint density at radius 2 is 1.88 bits per heavy atom. The molecular weight excluding hydrogens is 668 g/mol. The van der Waals surface area contributed by atoms with Gasteiger partial charge in [0, 0.05) is 34.8 Å². The van der Waals surface area contributed by atoms with E-state index >= 15 is 0 Å². The maximum atomic E-state index is 15.0. The number of fused-ring (bicyclic) bond motifs is 1. The van der Waals surface area contributed by atoms with Crippen LogP contribution in [0.25, 0.3) is 16.6 Å². The number of carbonyl (C=O) groups is 1. The molecule has 0 radical (unpaired) electrons. The molecule has 0 spiro atoms. The average molecular weight is 702 g/mol. The summed E-state index contributed by atoms with van der Waals surface area (Å²) in [5, 5.41) is 13.9. The largest absolute Gasteiger partial charge is 0.373 e. The number of aryl methyl sites for hydroxylation is 1. The number of nitrogens with one attached hydrogen (secondary N) is 1. The van der Waals surface area contributed by atoms with Crippen molar-refractivity contribution in [3.63, 3.8) is 0 Å². The van der Waals surface area contributed by atoms with Crippen LogP contribution in [0, 0.1) is 16.3 Å². The molecule has 1 unspecified atom stereocenters. The zero-order chi connectivity index (χ0) is 31.2. The number of rotatable bonds is 9. The van der Waals surface area contributed by atoms with E-state index in [1.807, 2.05) is 29.5 Å². The number of unbranched alkanes of at least 4 members (excludes halogenated alkanes) is 1. The molecule has 1 aliphatic rings. The van der Waals surface area contributed by atoms with Crippen LogP contribution in [0.15, 0.2) is 56.8 Å². The summed E-state index contributed by atoms with van der Waals surface area (Å²) in [6.07, 6.45) is 2.12. The molecule has 1 saturated carbocycles. The van der Waals surface area contributed by atoms with Crippen molar-refractivity contribution in [2.24, 2.45) is 7.05 Å². The molecule has 2 aromatic heterocycles. The van der Waals surface area contributed by atoms with E-state index in [0.717, 1.165) is 6.42 Å². The molecule has 226 valence electrons. The Morgan fingerprint density at radius 3 is 2.51 bits per heavy atom. The zero-order valence-electron chi connectivity index (χ0n) is 24.4. The second kappa shape index (κ2) is 12.1. The fourth-order valence-electron chi connectivity index (χ4n) is 5.44. The van der Waals surface area contributed by atoms with Crippen LogP contribution < -0.4 is 27.0 Å². The molecule has 0 bridgehead atoms. The lowest BCUT2D eigenvalue weighted by Crippen LogP contribution is -2.41. The Kier molecular flexibility index (Phi) is 8.61. The molecule has 1 atom stereocenters. The summed E-state index contributed by atoms with van der Waals surface area (Å²) < 4.78 is 19.4. The molecule has 12 heteroatoms. The minimum Gasteiger partial charge on any atom is -0.373 e. The number of hydrogen-bond acceptors (Lipinski definition) is 6. The monoisotopic (exact) mass is 701 g/mol. The number of benzene rings is 2. The van der Waals surface area contributed by atoms with Gasteiger partial charge in [0.25, 0.3) is 11.1 Å². The van der Waals surface area contributed by atoms with Crippen LogP contribution in [0.3, 0.4) is 0 Å². The molecule has 2 heterocycles. The number of amides is 1. The first kappa shape index (κ1) is 30.7. The van der Waals surface area contributed by atoms with Crippen molar-refractivity contribution in [2.45, 2.75) is 65.1 Å². The molecule has 2 N–H and O–H groups in total. The number of carbonyl (C=O) groups excluding carboxylic acids is 1. The highest BCUT2D eigenvalue weighted by molar-refractivity contribution is 14.1. The quantitative estimate of drug-likeness (QED) is 0.191. The standard InChI is InChI=1S/C31H33FIN5O5/c1-5-6-10-25(40)36(18(3)39)21-8-7-9-22(16-21)37-27-17(2)29(41)35(4)28(34-24-14-11-19(33)15-23(24)32)26(27)30(42)38(31(37)43)20-12-13-20/h7-9,11,14-16,20,25,34,40H,5-6,10,12-13H2,1-4H3. The van der Waals surface area contributed by atoms with Crippen LogP contribution in [0.5, 0.6) is 0 Å². The van der Waals surface area contributed by atoms with Gasteiger partial charge in [-0.25, -0.2) is 9.18 Å². The first-order valence-electron chi connectivity index (χ1n) is 14.2. The molecule has 43 heavy (non-hydrogen) atoms.